The second-order valence-corrected chi connectivity index (χ2v) is 3.48. The molecule has 3 nitrogen and oxygen atoms in total. The molecule has 0 radical (unpaired) electrons. The average Bonchev–Trinajstić information content (AvgIpc) is 2.26. The Morgan fingerprint density at radius 3 is 2.80 bits per heavy atom. The van der Waals surface area contributed by atoms with Crippen LogP contribution in [-0.2, 0) is 0 Å². The number of nitrogens with zero attached hydrogens (tertiary/aromatic N) is 1. The summed E-state index contributed by atoms with van der Waals surface area (Å²) in [6, 6.07) is 8.17. The van der Waals surface area contributed by atoms with E-state index in [9.17, 15) is 0 Å². The van der Waals surface area contributed by atoms with Crippen LogP contribution in [0.1, 0.15) is 17.0 Å². The van der Waals surface area contributed by atoms with Crippen molar-refractivity contribution in [2.45, 2.75) is 12.8 Å². The topological polar surface area (TPSA) is 45.0 Å². The number of hydrogen-bond acceptors (Lipinski definition) is 3. The van der Waals surface area contributed by atoms with Crippen molar-refractivity contribution in [3.63, 3.8) is 0 Å². The molecule has 1 atom stereocenters. The Morgan fingerprint density at radius 1 is 1.53 bits per heavy atom. The third kappa shape index (κ3) is 2.71. The van der Waals surface area contributed by atoms with E-state index >= 15 is 0 Å². The molecule has 1 aromatic carbocycles. The van der Waals surface area contributed by atoms with Gasteiger partial charge >= 0.3 is 0 Å². The minimum Gasteiger partial charge on any atom is -0.496 e. The fourth-order valence-corrected chi connectivity index (χ4v) is 1.56. The molecule has 0 spiro atoms. The summed E-state index contributed by atoms with van der Waals surface area (Å²) in [5.41, 5.74) is 2.09. The standard InChI is InChI=1S/C12H16N2O/c1-9-4-5-12(15-3)11(6-9)10(7-13)8-14-2/h4-6,10,14H,8H2,1-3H3. The van der Waals surface area contributed by atoms with Gasteiger partial charge in [-0.05, 0) is 20.0 Å². The van der Waals surface area contributed by atoms with Crippen molar-refractivity contribution in [2.75, 3.05) is 20.7 Å². The monoisotopic (exact) mass is 204 g/mol. The average molecular weight is 204 g/mol. The third-order valence-corrected chi connectivity index (χ3v) is 2.32. The predicted octanol–water partition coefficient (Wildman–Crippen LogP) is 1.83. The normalized spacial score (nSPS) is 11.9. The summed E-state index contributed by atoms with van der Waals surface area (Å²) in [5, 5.41) is 12.1. The van der Waals surface area contributed by atoms with Gasteiger partial charge in [-0.3, -0.25) is 0 Å². The molecule has 15 heavy (non-hydrogen) atoms. The van der Waals surface area contributed by atoms with E-state index in [0.717, 1.165) is 16.9 Å². The van der Waals surface area contributed by atoms with E-state index in [2.05, 4.69) is 11.4 Å². The zero-order valence-corrected chi connectivity index (χ0v) is 9.37. The van der Waals surface area contributed by atoms with E-state index in [1.807, 2.05) is 32.2 Å². The van der Waals surface area contributed by atoms with Gasteiger partial charge in [0.1, 0.15) is 5.75 Å². The molecule has 1 aromatic rings. The number of methoxy groups -OCH3 is 1. The van der Waals surface area contributed by atoms with Crippen LogP contribution in [0.4, 0.5) is 0 Å². The minimum atomic E-state index is -0.162. The van der Waals surface area contributed by atoms with E-state index in [0.29, 0.717) is 6.54 Å². The maximum absolute atomic E-state index is 9.08. The molecule has 1 unspecified atom stereocenters. The first-order valence-electron chi connectivity index (χ1n) is 4.91. The van der Waals surface area contributed by atoms with Crippen molar-refractivity contribution >= 4 is 0 Å². The molecule has 0 aliphatic heterocycles. The van der Waals surface area contributed by atoms with Crippen molar-refractivity contribution in [3.05, 3.63) is 29.3 Å². The van der Waals surface area contributed by atoms with E-state index in [1.165, 1.54) is 0 Å². The van der Waals surface area contributed by atoms with Crippen LogP contribution in [0.2, 0.25) is 0 Å². The molecule has 0 aliphatic rings. The highest BCUT2D eigenvalue weighted by molar-refractivity contribution is 5.42. The fraction of sp³-hybridized carbons (Fsp3) is 0.417. The molecule has 0 aliphatic carbocycles. The van der Waals surface area contributed by atoms with Crippen molar-refractivity contribution in [3.8, 4) is 11.8 Å². The number of ether oxygens (including phenoxy) is 1. The number of hydrogen-bond donors (Lipinski definition) is 1. The zero-order chi connectivity index (χ0) is 11.3. The van der Waals surface area contributed by atoms with Crippen molar-refractivity contribution in [1.29, 1.82) is 5.26 Å². The highest BCUT2D eigenvalue weighted by Crippen LogP contribution is 2.26. The Balaban J connectivity index is 3.09. The second-order valence-electron chi connectivity index (χ2n) is 3.48. The molecule has 0 amide bonds. The predicted molar refractivity (Wildman–Crippen MR) is 60.0 cm³/mol. The molecule has 0 bridgehead atoms. The summed E-state index contributed by atoms with van der Waals surface area (Å²) >= 11 is 0. The molecule has 1 rings (SSSR count). The summed E-state index contributed by atoms with van der Waals surface area (Å²) < 4.78 is 5.25. The molecule has 80 valence electrons. The number of rotatable bonds is 4. The Morgan fingerprint density at radius 2 is 2.27 bits per heavy atom. The first-order chi connectivity index (χ1) is 7.22. The summed E-state index contributed by atoms with van der Waals surface area (Å²) in [5.74, 6) is 0.618. The van der Waals surface area contributed by atoms with Gasteiger partial charge < -0.3 is 10.1 Å². The van der Waals surface area contributed by atoms with Crippen molar-refractivity contribution in [1.82, 2.24) is 5.32 Å². The minimum absolute atomic E-state index is 0.162. The van der Waals surface area contributed by atoms with Gasteiger partial charge in [-0.15, -0.1) is 0 Å². The van der Waals surface area contributed by atoms with Crippen LogP contribution in [0, 0.1) is 18.3 Å². The van der Waals surface area contributed by atoms with Gasteiger partial charge in [0, 0.05) is 12.1 Å². The number of aryl methyl sites for hydroxylation is 1. The first kappa shape index (κ1) is 11.5. The van der Waals surface area contributed by atoms with E-state index in [1.54, 1.807) is 7.11 Å². The van der Waals surface area contributed by atoms with E-state index < -0.39 is 0 Å². The molecule has 0 aromatic heterocycles. The highest BCUT2D eigenvalue weighted by atomic mass is 16.5. The van der Waals surface area contributed by atoms with Gasteiger partial charge in [-0.2, -0.15) is 5.26 Å². The maximum atomic E-state index is 9.08. The summed E-state index contributed by atoms with van der Waals surface area (Å²) in [6.07, 6.45) is 0. The highest BCUT2D eigenvalue weighted by Gasteiger charge is 2.14. The fourth-order valence-electron chi connectivity index (χ4n) is 1.56. The van der Waals surface area contributed by atoms with E-state index in [-0.39, 0.29) is 5.92 Å². The summed E-state index contributed by atoms with van der Waals surface area (Å²) in [6.45, 7) is 2.65. The molecule has 1 N–H and O–H groups in total. The Kier molecular flexibility index (Phi) is 4.14. The summed E-state index contributed by atoms with van der Waals surface area (Å²) in [7, 11) is 3.47. The number of nitriles is 1. The Labute approximate surface area is 90.7 Å². The van der Waals surface area contributed by atoms with Crippen LogP contribution >= 0.6 is 0 Å². The van der Waals surface area contributed by atoms with Gasteiger partial charge in [-0.25, -0.2) is 0 Å². The third-order valence-electron chi connectivity index (χ3n) is 2.32. The quantitative estimate of drug-likeness (QED) is 0.813. The first-order valence-corrected chi connectivity index (χ1v) is 4.91. The van der Waals surface area contributed by atoms with Crippen LogP contribution < -0.4 is 10.1 Å². The molecular formula is C12H16N2O. The van der Waals surface area contributed by atoms with E-state index in [4.69, 9.17) is 10.00 Å². The number of likely N-dealkylation sites (N-methyl/N-ethyl adjacent to an activating group) is 1. The lowest BCUT2D eigenvalue weighted by Gasteiger charge is -2.13. The molecule has 0 saturated heterocycles. The lowest BCUT2D eigenvalue weighted by molar-refractivity contribution is 0.407. The Hall–Kier alpha value is -1.53. The van der Waals surface area contributed by atoms with Gasteiger partial charge in [-0.1, -0.05) is 17.7 Å². The van der Waals surface area contributed by atoms with Gasteiger partial charge in [0.25, 0.3) is 0 Å². The second kappa shape index (κ2) is 5.38. The van der Waals surface area contributed by atoms with Crippen LogP contribution in [0.25, 0.3) is 0 Å². The largest absolute Gasteiger partial charge is 0.496 e. The SMILES string of the molecule is CNCC(C#N)c1cc(C)ccc1OC. The van der Waals surface area contributed by atoms with Gasteiger partial charge in [0.15, 0.2) is 0 Å². The number of benzene rings is 1. The van der Waals surface area contributed by atoms with Crippen molar-refractivity contribution < 1.29 is 4.74 Å². The molecular weight excluding hydrogens is 188 g/mol. The van der Waals surface area contributed by atoms with Crippen LogP contribution in [0.5, 0.6) is 5.75 Å². The van der Waals surface area contributed by atoms with Crippen LogP contribution in [-0.4, -0.2) is 20.7 Å². The van der Waals surface area contributed by atoms with Gasteiger partial charge in [0.05, 0.1) is 19.1 Å². The maximum Gasteiger partial charge on any atom is 0.123 e. The van der Waals surface area contributed by atoms with Crippen LogP contribution in [0.3, 0.4) is 0 Å². The van der Waals surface area contributed by atoms with Crippen molar-refractivity contribution in [2.24, 2.45) is 0 Å². The Bertz CT molecular complexity index is 368. The summed E-state index contributed by atoms with van der Waals surface area (Å²) in [4.78, 5) is 0. The lowest BCUT2D eigenvalue weighted by atomic mass is 9.97. The molecule has 0 saturated carbocycles. The zero-order valence-electron chi connectivity index (χ0n) is 9.37. The van der Waals surface area contributed by atoms with Crippen LogP contribution in [0.15, 0.2) is 18.2 Å². The molecule has 3 heteroatoms. The molecule has 0 heterocycles. The molecule has 0 fully saturated rings. The smallest absolute Gasteiger partial charge is 0.123 e. The number of nitrogens with one attached hydrogen (secondary N) is 1. The van der Waals surface area contributed by atoms with Gasteiger partial charge in [0.2, 0.25) is 0 Å². The lowest BCUT2D eigenvalue weighted by Crippen LogP contribution is -2.16.